The molecule has 15 N–H and O–H groups in total. The van der Waals surface area contributed by atoms with Crippen molar-refractivity contribution < 1.29 is 151 Å². The van der Waals surface area contributed by atoms with Gasteiger partial charge in [-0.25, -0.2) is 0 Å². The molecule has 3 saturated heterocycles. The van der Waals surface area contributed by atoms with Crippen LogP contribution in [0, 0.1) is 5.41 Å². The Morgan fingerprint density at radius 2 is 0.756 bits per heavy atom. The van der Waals surface area contributed by atoms with Crippen molar-refractivity contribution in [2.24, 2.45) is 5.41 Å². The first-order valence-electron chi connectivity index (χ1n) is 46.0. The fourth-order valence-electron chi connectivity index (χ4n) is 16.1. The normalized spacial score (nSPS) is 22.0. The van der Waals surface area contributed by atoms with Gasteiger partial charge in [0.25, 0.3) is 0 Å². The Labute approximate surface area is 769 Å². The molecular weight excluding hydrogens is 1710 g/mol. The van der Waals surface area contributed by atoms with Crippen molar-refractivity contribution in [3.05, 3.63) is 125 Å². The maximum atomic E-state index is 14.6. The van der Waals surface area contributed by atoms with Crippen LogP contribution >= 0.6 is 0 Å². The van der Waals surface area contributed by atoms with Crippen molar-refractivity contribution in [2.45, 2.75) is 300 Å². The molecule has 3 heterocycles. The smallest absolute Gasteiger partial charge is 0.224 e. The van der Waals surface area contributed by atoms with Crippen LogP contribution in [0.15, 0.2) is 97.1 Å². The number of benzene rings is 4. The summed E-state index contributed by atoms with van der Waals surface area (Å²) in [5.74, 6) is 0.783. The van der Waals surface area contributed by atoms with Gasteiger partial charge in [-0.1, -0.05) is 107 Å². The fraction of sp³-hybridized carbons (Fsp3) is 0.667. The van der Waals surface area contributed by atoms with Crippen molar-refractivity contribution >= 4 is 52.4 Å². The topological polar surface area (TPSA) is 518 Å². The quantitative estimate of drug-likeness (QED) is 0.0181. The molecule has 0 spiro atoms. The number of rotatable bonds is 62. The first-order valence-corrected chi connectivity index (χ1v) is 46.0. The molecular formula is C96H148N4O31. The van der Waals surface area contributed by atoms with Crippen LogP contribution < -0.4 is 30.7 Å². The van der Waals surface area contributed by atoms with Crippen molar-refractivity contribution in [3.8, 4) is 11.5 Å². The minimum absolute atomic E-state index is 0.0510. The zero-order chi connectivity index (χ0) is 96.1. The standard InChI is InChI=1S/C76H110N2O17.2C10H19NO7/c1-7-23-63(81)27-19-41-75(42-20-28-64(82)24-8-2,43-21-29-65(83)30-22-44-90-45-46-91-47-48-92-49-50-93-74-71(77-56(4)80)73(87)72(86)68(54-79)95-74)69(84)31-17-12-10-11-13-18-32-70(85)78-62-52-57(9-3)51-58(53-62)55-94-76(59-25-15-14-16-26-59,60-33-37-66(88-5)38-34-60)61-35-39-67(89-6)40-36-61;2*1-5(14)11-7-9(16)8(15)6(4-13)18-10(7)17-3-2-12/h14-16,25-26,33-40,51-53,68,71-74,79,86-87H,7-13,17-24,27-32,41-50,54-55H2,1-6H3,(H,77,80)(H,78,85);2*6-10,12-13,15-16H,2-4H2,1H3,(H,11,14). The number of unbranched alkanes of at least 4 members (excludes halogenated alkanes) is 5. The summed E-state index contributed by atoms with van der Waals surface area (Å²) in [6.45, 7) is 9.75. The van der Waals surface area contributed by atoms with Gasteiger partial charge in [0.05, 0.1) is 107 Å². The van der Waals surface area contributed by atoms with E-state index in [1.54, 1.807) is 14.2 Å². The summed E-state index contributed by atoms with van der Waals surface area (Å²) in [6.07, 6.45) is 0.143. The van der Waals surface area contributed by atoms with E-state index in [4.69, 9.17) is 77.3 Å². The number of hydrogen-bond donors (Lipinski definition) is 15. The molecule has 3 fully saturated rings. The maximum absolute atomic E-state index is 14.6. The number of aliphatic hydroxyl groups excluding tert-OH is 11. The molecule has 15 unspecified atom stereocenters. The lowest BCUT2D eigenvalue weighted by atomic mass is 9.69. The van der Waals surface area contributed by atoms with E-state index in [0.717, 1.165) is 103 Å². The lowest BCUT2D eigenvalue weighted by Gasteiger charge is -2.42. The first kappa shape index (κ1) is 114. The van der Waals surface area contributed by atoms with E-state index in [1.807, 2.05) is 92.7 Å². The Bertz CT molecular complexity index is 3780. The number of methoxy groups -OCH3 is 2. The highest BCUT2D eigenvalue weighted by Crippen LogP contribution is 2.44. The fourth-order valence-corrected chi connectivity index (χ4v) is 16.1. The molecule has 4 aromatic rings. The number of carbonyl (C=O) groups excluding carboxylic acids is 8. The van der Waals surface area contributed by atoms with Crippen LogP contribution in [0.3, 0.4) is 0 Å². The number of anilines is 1. The molecule has 3 aliphatic rings. The van der Waals surface area contributed by atoms with E-state index in [-0.39, 0.29) is 81.9 Å². The van der Waals surface area contributed by atoms with Gasteiger partial charge in [0.2, 0.25) is 23.6 Å². The number of ketones is 4. The van der Waals surface area contributed by atoms with Crippen molar-refractivity contribution in [1.29, 1.82) is 0 Å². The third-order valence-electron chi connectivity index (χ3n) is 22.9. The lowest BCUT2D eigenvalue weighted by molar-refractivity contribution is -0.272. The van der Waals surface area contributed by atoms with Crippen molar-refractivity contribution in [1.82, 2.24) is 16.0 Å². The number of nitrogens with one attached hydrogen (secondary N) is 4. The van der Waals surface area contributed by atoms with E-state index < -0.39 is 140 Å². The number of aliphatic hydroxyl groups is 11. The second kappa shape index (κ2) is 63.4. The third-order valence-corrected chi connectivity index (χ3v) is 22.9. The molecule has 4 aromatic carbocycles. The van der Waals surface area contributed by atoms with E-state index in [0.29, 0.717) is 123 Å². The molecule has 35 nitrogen and oxygen atoms in total. The summed E-state index contributed by atoms with van der Waals surface area (Å²) in [6, 6.07) is 29.3. The van der Waals surface area contributed by atoms with Crippen LogP contribution in [-0.4, -0.2) is 302 Å². The summed E-state index contributed by atoms with van der Waals surface area (Å²) in [7, 11) is 3.30. The Balaban J connectivity index is 0.000000690. The first-order chi connectivity index (χ1) is 63.1. The molecule has 35 heteroatoms. The molecule has 0 bridgehead atoms. The molecule has 3 aliphatic heterocycles. The van der Waals surface area contributed by atoms with Gasteiger partial charge >= 0.3 is 0 Å². The van der Waals surface area contributed by atoms with E-state index >= 15 is 0 Å². The number of Topliss-reactive ketones (excluding diaryl/α,β-unsaturated/α-hetero) is 4. The van der Waals surface area contributed by atoms with Crippen LogP contribution in [0.4, 0.5) is 5.69 Å². The van der Waals surface area contributed by atoms with Crippen LogP contribution in [-0.2, 0) is 104 Å². The Kier molecular flexibility index (Phi) is 55.1. The molecule has 0 saturated carbocycles. The number of ether oxygens (including phenoxy) is 12. The molecule has 0 aromatic heterocycles. The highest BCUT2D eigenvalue weighted by atomic mass is 16.7. The van der Waals surface area contributed by atoms with Gasteiger partial charge in [0.1, 0.15) is 113 Å². The van der Waals surface area contributed by atoms with E-state index in [9.17, 15) is 74.1 Å². The average Bonchev–Trinajstić information content (AvgIpc) is 0.749. The second-order valence-corrected chi connectivity index (χ2v) is 33.0. The summed E-state index contributed by atoms with van der Waals surface area (Å²) < 4.78 is 67.1. The molecule has 131 heavy (non-hydrogen) atoms. The second-order valence-electron chi connectivity index (χ2n) is 33.0. The van der Waals surface area contributed by atoms with Crippen LogP contribution in [0.1, 0.15) is 217 Å². The number of aryl methyl sites for hydroxylation is 1. The minimum atomic E-state index is -1.40. The van der Waals surface area contributed by atoms with Gasteiger partial charge in [-0.2, -0.15) is 0 Å². The van der Waals surface area contributed by atoms with Crippen molar-refractivity contribution in [2.75, 3.05) is 112 Å². The Hall–Kier alpha value is -7.80. The summed E-state index contributed by atoms with van der Waals surface area (Å²) in [5.41, 5.74) is 3.81. The zero-order valence-electron chi connectivity index (χ0n) is 77.6. The van der Waals surface area contributed by atoms with Gasteiger partial charge in [0.15, 0.2) is 18.9 Å². The summed E-state index contributed by atoms with van der Waals surface area (Å²) in [5, 5.41) is 115. The summed E-state index contributed by atoms with van der Waals surface area (Å²) >= 11 is 0. The largest absolute Gasteiger partial charge is 0.497 e. The Morgan fingerprint density at radius 1 is 0.389 bits per heavy atom. The van der Waals surface area contributed by atoms with Crippen LogP contribution in [0.2, 0.25) is 0 Å². The number of carbonyl (C=O) groups is 8. The predicted molar refractivity (Wildman–Crippen MR) is 482 cm³/mol. The predicted octanol–water partition coefficient (Wildman–Crippen LogP) is 5.88. The average molecular weight is 1850 g/mol. The monoisotopic (exact) mass is 1850 g/mol. The molecule has 0 radical (unpaired) electrons. The lowest BCUT2D eigenvalue weighted by Crippen LogP contribution is -2.64. The molecule has 4 amide bonds. The van der Waals surface area contributed by atoms with Crippen molar-refractivity contribution in [3.63, 3.8) is 0 Å². The minimum Gasteiger partial charge on any atom is -0.497 e. The highest BCUT2D eigenvalue weighted by Gasteiger charge is 2.49. The molecule has 738 valence electrons. The SMILES string of the molecule is CC(=O)NC1C(OCCO)OC(CO)C(O)C1O.CC(=O)NC1C(OCCO)OC(CO)C(O)C1O.CCCC(=O)CCCC(CCCC(=O)CCC)(CCCC(=O)CCCOCCOCCOCCOC1OC(CO)C(O)C(O)C1NC(C)=O)C(=O)CCCCCCCCC(=O)Nc1cc(CC)cc(COC(c2ccccc2)(c2ccc(OC)cc2)c2ccc(OC)cc2)c1. The third kappa shape index (κ3) is 39.2. The Morgan fingerprint density at radius 3 is 1.15 bits per heavy atom. The molecule has 0 aliphatic carbocycles. The maximum Gasteiger partial charge on any atom is 0.224 e. The van der Waals surface area contributed by atoms with E-state index in [1.165, 1.54) is 20.8 Å². The number of amides is 4. The van der Waals surface area contributed by atoms with Gasteiger partial charge < -0.3 is 134 Å². The van der Waals surface area contributed by atoms with Gasteiger partial charge in [-0.3, -0.25) is 38.4 Å². The molecule has 7 rings (SSSR count). The van der Waals surface area contributed by atoms with Gasteiger partial charge in [-0.15, -0.1) is 0 Å². The number of hydrogen-bond acceptors (Lipinski definition) is 31. The van der Waals surface area contributed by atoms with Crippen LogP contribution in [0.5, 0.6) is 11.5 Å². The van der Waals surface area contributed by atoms with Crippen LogP contribution in [0.25, 0.3) is 0 Å². The summed E-state index contributed by atoms with van der Waals surface area (Å²) in [4.78, 5) is 101. The highest BCUT2D eigenvalue weighted by molar-refractivity contribution is 5.91. The van der Waals surface area contributed by atoms with Gasteiger partial charge in [0, 0.05) is 89.8 Å². The molecule has 15 atom stereocenters. The zero-order valence-corrected chi connectivity index (χ0v) is 77.6. The van der Waals surface area contributed by atoms with Gasteiger partial charge in [-0.05, 0) is 141 Å². The van der Waals surface area contributed by atoms with E-state index in [2.05, 4.69) is 46.4 Å².